The molecule has 2 aliphatic rings. The van der Waals surface area contributed by atoms with Crippen LogP contribution in [0.15, 0.2) is 0 Å². The van der Waals surface area contributed by atoms with Gasteiger partial charge in [-0.1, -0.05) is 20.8 Å². The normalized spacial score (nSPS) is 61.5. The first kappa shape index (κ1) is 6.47. The van der Waals surface area contributed by atoms with Gasteiger partial charge in [0.2, 0.25) is 0 Å². The van der Waals surface area contributed by atoms with Gasteiger partial charge in [-0.3, -0.25) is 0 Å². The smallest absolute Gasteiger partial charge is 0.0606 e. The Hall–Kier alpha value is -0.0400. The predicted octanol–water partition coefficient (Wildman–Crippen LogP) is 2.19. The summed E-state index contributed by atoms with van der Waals surface area (Å²) in [6.07, 6.45) is 1.73. The Labute approximate surface area is 70.2 Å². The van der Waals surface area contributed by atoms with Crippen LogP contribution in [0.5, 0.6) is 0 Å². The first-order valence-electron chi connectivity index (χ1n) is 5.04. The van der Waals surface area contributed by atoms with Crippen molar-refractivity contribution in [3.05, 3.63) is 0 Å². The summed E-state index contributed by atoms with van der Waals surface area (Å²) in [4.78, 5) is 0. The van der Waals surface area contributed by atoms with E-state index in [9.17, 15) is 5.11 Å². The maximum absolute atomic E-state index is 9.95. The monoisotopic (exact) mass is 155 g/mol. The lowest BCUT2D eigenvalue weighted by Crippen LogP contribution is -2.35. The molecule has 1 heteroatoms. The van der Waals surface area contributed by atoms with E-state index in [0.717, 1.165) is 6.42 Å². The van der Waals surface area contributed by atoms with Gasteiger partial charge in [0.1, 0.15) is 0 Å². The van der Waals surface area contributed by atoms with Gasteiger partial charge < -0.3 is 5.11 Å². The minimum Gasteiger partial charge on any atom is -0.393 e. The van der Waals surface area contributed by atoms with Crippen LogP contribution in [0.2, 0.25) is 0 Å². The van der Waals surface area contributed by atoms with E-state index >= 15 is 0 Å². The lowest BCUT2D eigenvalue weighted by Gasteiger charge is -2.36. The van der Waals surface area contributed by atoms with Crippen molar-refractivity contribution in [3.63, 3.8) is 0 Å². The molecule has 2 saturated carbocycles. The molecule has 0 amide bonds. The molecule has 0 radical (unpaired) electrons. The molecule has 1 nitrogen and oxygen atoms in total. The molecule has 0 heterocycles. The van der Waals surface area contributed by atoms with Gasteiger partial charge in [-0.15, -0.1) is 0 Å². The van der Waals surface area contributed by atoms with Crippen LogP contribution in [-0.4, -0.2) is 11.2 Å². The van der Waals surface area contributed by atoms with Crippen LogP contribution in [0.3, 0.4) is 0 Å². The molecular formula is C10H18O. The fraction of sp³-hybridized carbons (Fsp3) is 1.00. The molecular weight excluding hydrogens is 136 g/mol. The SMILES string of the molecule is [2H][C@]1(O)C[C@H]2CC[C@@]1(C)C2(C)C. The molecule has 2 aliphatic carbocycles. The highest BCUT2D eigenvalue weighted by Gasteiger charge is 2.60. The Kier molecular flexibility index (Phi) is 1.07. The number of hydrogen-bond acceptors (Lipinski definition) is 1. The Balaban J connectivity index is 2.47. The van der Waals surface area contributed by atoms with Crippen molar-refractivity contribution in [3.8, 4) is 0 Å². The molecule has 0 unspecified atom stereocenters. The highest BCUT2D eigenvalue weighted by molar-refractivity contribution is 5.10. The molecule has 2 bridgehead atoms. The quantitative estimate of drug-likeness (QED) is 0.568. The summed E-state index contributed by atoms with van der Waals surface area (Å²) in [7, 11) is 0. The van der Waals surface area contributed by atoms with E-state index in [1.165, 1.54) is 6.42 Å². The third-order valence-corrected chi connectivity index (χ3v) is 4.51. The lowest BCUT2D eigenvalue weighted by molar-refractivity contribution is 0.0126. The second kappa shape index (κ2) is 1.82. The average Bonchev–Trinajstić information content (AvgIpc) is 2.18. The van der Waals surface area contributed by atoms with Crippen LogP contribution < -0.4 is 0 Å². The van der Waals surface area contributed by atoms with Crippen LogP contribution in [0.1, 0.15) is 41.4 Å². The van der Waals surface area contributed by atoms with E-state index < -0.39 is 6.08 Å². The van der Waals surface area contributed by atoms with Crippen molar-refractivity contribution >= 4 is 0 Å². The van der Waals surface area contributed by atoms with Gasteiger partial charge in [0, 0.05) is 0 Å². The van der Waals surface area contributed by atoms with Gasteiger partial charge >= 0.3 is 0 Å². The third-order valence-electron chi connectivity index (χ3n) is 4.51. The van der Waals surface area contributed by atoms with Gasteiger partial charge in [0.05, 0.1) is 7.45 Å². The lowest BCUT2D eigenvalue weighted by atomic mass is 9.70. The van der Waals surface area contributed by atoms with Crippen molar-refractivity contribution in [2.45, 2.75) is 46.1 Å². The minimum atomic E-state index is -1.17. The van der Waals surface area contributed by atoms with Gasteiger partial charge in [0.25, 0.3) is 0 Å². The molecule has 3 atom stereocenters. The zero-order valence-electron chi connectivity index (χ0n) is 8.65. The molecule has 1 N–H and O–H groups in total. The van der Waals surface area contributed by atoms with E-state index in [4.69, 9.17) is 1.37 Å². The minimum absolute atomic E-state index is 0.156. The zero-order chi connectivity index (χ0) is 9.20. The van der Waals surface area contributed by atoms with Crippen LogP contribution in [0.4, 0.5) is 0 Å². The standard InChI is InChI=1S/C10H18O/c1-9(2)7-4-5-10(9,3)8(11)6-7/h7-8,11H,4-6H2,1-3H3/t7-,8+,10-/m1/s1/i8D. The molecule has 0 saturated heterocycles. The van der Waals surface area contributed by atoms with E-state index in [2.05, 4.69) is 20.8 Å². The fourth-order valence-electron chi connectivity index (χ4n) is 2.93. The summed E-state index contributed by atoms with van der Waals surface area (Å²) in [5.41, 5.74) is -0.0197. The molecule has 2 fully saturated rings. The zero-order valence-corrected chi connectivity index (χ0v) is 7.65. The van der Waals surface area contributed by atoms with Crippen LogP contribution in [-0.2, 0) is 0 Å². The summed E-state index contributed by atoms with van der Waals surface area (Å²) in [6.45, 7) is 6.49. The van der Waals surface area contributed by atoms with Gasteiger partial charge in [0.15, 0.2) is 0 Å². The van der Waals surface area contributed by atoms with Crippen LogP contribution in [0.25, 0.3) is 0 Å². The second-order valence-corrected chi connectivity index (χ2v) is 4.94. The van der Waals surface area contributed by atoms with Crippen molar-refractivity contribution < 1.29 is 6.48 Å². The molecule has 0 aromatic rings. The summed E-state index contributed by atoms with van der Waals surface area (Å²) in [6, 6.07) is 0. The molecule has 64 valence electrons. The van der Waals surface area contributed by atoms with E-state index in [1.54, 1.807) is 0 Å². The maximum Gasteiger partial charge on any atom is 0.0606 e. The van der Waals surface area contributed by atoms with Gasteiger partial charge in [-0.25, -0.2) is 0 Å². The van der Waals surface area contributed by atoms with E-state index in [1.807, 2.05) is 0 Å². The first-order chi connectivity index (χ1) is 5.31. The van der Waals surface area contributed by atoms with Gasteiger partial charge in [-0.05, 0) is 36.0 Å². The van der Waals surface area contributed by atoms with E-state index in [-0.39, 0.29) is 10.8 Å². The summed E-state index contributed by atoms with van der Waals surface area (Å²) in [5, 5.41) is 9.95. The number of rotatable bonds is 0. The largest absolute Gasteiger partial charge is 0.393 e. The Bertz CT molecular complexity index is 222. The molecule has 0 aromatic carbocycles. The molecule has 2 rings (SSSR count). The second-order valence-electron chi connectivity index (χ2n) is 4.94. The number of aliphatic hydroxyl groups is 1. The highest BCUT2D eigenvalue weighted by atomic mass is 16.3. The summed E-state index contributed by atoms with van der Waals surface area (Å²) < 4.78 is 7.88. The molecule has 0 aliphatic heterocycles. The average molecular weight is 155 g/mol. The fourth-order valence-corrected chi connectivity index (χ4v) is 2.93. The topological polar surface area (TPSA) is 20.2 Å². The highest BCUT2D eigenvalue weighted by Crippen LogP contribution is 2.65. The van der Waals surface area contributed by atoms with Crippen LogP contribution in [0, 0.1) is 16.7 Å². The van der Waals surface area contributed by atoms with Crippen LogP contribution >= 0.6 is 0 Å². The molecule has 0 aromatic heterocycles. The van der Waals surface area contributed by atoms with Crippen molar-refractivity contribution in [1.29, 1.82) is 0 Å². The Morgan fingerprint density at radius 3 is 2.27 bits per heavy atom. The predicted molar refractivity (Wildman–Crippen MR) is 45.2 cm³/mol. The Morgan fingerprint density at radius 1 is 1.45 bits per heavy atom. The van der Waals surface area contributed by atoms with Crippen molar-refractivity contribution in [2.24, 2.45) is 16.7 Å². The summed E-state index contributed by atoms with van der Waals surface area (Å²) >= 11 is 0. The number of hydrogen-bond donors (Lipinski definition) is 1. The molecule has 0 spiro atoms. The molecule has 11 heavy (non-hydrogen) atoms. The Morgan fingerprint density at radius 2 is 2.09 bits per heavy atom. The van der Waals surface area contributed by atoms with E-state index in [0.29, 0.717) is 12.3 Å². The number of fused-ring (bicyclic) bond motifs is 2. The van der Waals surface area contributed by atoms with Crippen molar-refractivity contribution in [1.82, 2.24) is 0 Å². The third kappa shape index (κ3) is 0.658. The summed E-state index contributed by atoms with van der Waals surface area (Å²) in [5.74, 6) is 0.560. The van der Waals surface area contributed by atoms with Crippen molar-refractivity contribution in [2.75, 3.05) is 0 Å². The maximum atomic E-state index is 9.95. The van der Waals surface area contributed by atoms with Gasteiger partial charge in [-0.2, -0.15) is 0 Å². The first-order valence-corrected chi connectivity index (χ1v) is 4.54.